The molecule has 1 fully saturated rings. The number of hydrogen-bond donors (Lipinski definition) is 1. The Bertz CT molecular complexity index is 462. The first-order valence-electron chi connectivity index (χ1n) is 7.95. The van der Waals surface area contributed by atoms with E-state index >= 15 is 0 Å². The number of nitrogens with zero attached hydrogens (tertiary/aromatic N) is 4. The van der Waals surface area contributed by atoms with Gasteiger partial charge >= 0.3 is 0 Å². The summed E-state index contributed by atoms with van der Waals surface area (Å²) < 4.78 is 2.09. The van der Waals surface area contributed by atoms with Gasteiger partial charge in [0.2, 0.25) is 5.91 Å². The van der Waals surface area contributed by atoms with Gasteiger partial charge < -0.3 is 15.2 Å². The lowest BCUT2D eigenvalue weighted by molar-refractivity contribution is -0.134. The zero-order chi connectivity index (χ0) is 15.4. The van der Waals surface area contributed by atoms with Gasteiger partial charge in [-0.05, 0) is 32.1 Å². The lowest BCUT2D eigenvalue weighted by Crippen LogP contribution is -2.47. The Labute approximate surface area is 126 Å². The van der Waals surface area contributed by atoms with Gasteiger partial charge in [0.15, 0.2) is 0 Å². The predicted molar refractivity (Wildman–Crippen MR) is 81.7 cm³/mol. The van der Waals surface area contributed by atoms with Gasteiger partial charge in [-0.2, -0.15) is 0 Å². The molecule has 1 aromatic heterocycles. The normalized spacial score (nSPS) is 18.2. The Morgan fingerprint density at radius 3 is 2.67 bits per heavy atom. The van der Waals surface area contributed by atoms with Crippen LogP contribution in [0.5, 0.6) is 0 Å². The van der Waals surface area contributed by atoms with Crippen molar-refractivity contribution in [2.75, 3.05) is 13.1 Å². The van der Waals surface area contributed by atoms with Crippen LogP contribution in [0.4, 0.5) is 0 Å². The molecule has 0 unspecified atom stereocenters. The summed E-state index contributed by atoms with van der Waals surface area (Å²) in [4.78, 5) is 14.2. The molecule has 21 heavy (non-hydrogen) atoms. The molecule has 1 aliphatic rings. The summed E-state index contributed by atoms with van der Waals surface area (Å²) in [7, 11) is 0. The average Bonchev–Trinajstić information content (AvgIpc) is 2.94. The molecule has 2 rings (SSSR count). The highest BCUT2D eigenvalue weighted by Gasteiger charge is 2.29. The average molecular weight is 293 g/mol. The Hall–Kier alpha value is -1.43. The van der Waals surface area contributed by atoms with Crippen molar-refractivity contribution in [3.8, 4) is 0 Å². The number of aryl methyl sites for hydroxylation is 1. The lowest BCUT2D eigenvalue weighted by atomic mass is 9.94. The Morgan fingerprint density at radius 1 is 1.43 bits per heavy atom. The summed E-state index contributed by atoms with van der Waals surface area (Å²) in [5.74, 6) is 2.00. The summed E-state index contributed by atoms with van der Waals surface area (Å²) in [5.41, 5.74) is 6.01. The van der Waals surface area contributed by atoms with E-state index in [1.165, 1.54) is 0 Å². The first kappa shape index (κ1) is 15.9. The molecule has 2 heterocycles. The van der Waals surface area contributed by atoms with Gasteiger partial charge in [-0.25, -0.2) is 0 Å². The first-order valence-corrected chi connectivity index (χ1v) is 7.95. The van der Waals surface area contributed by atoms with Crippen LogP contribution in [0.1, 0.15) is 51.8 Å². The second-order valence-corrected chi connectivity index (χ2v) is 6.31. The molecule has 118 valence electrons. The van der Waals surface area contributed by atoms with Crippen LogP contribution in [0, 0.1) is 5.92 Å². The highest BCUT2D eigenvalue weighted by Crippen LogP contribution is 2.26. The molecule has 0 bridgehead atoms. The van der Waals surface area contributed by atoms with Gasteiger partial charge in [-0.1, -0.05) is 13.8 Å². The minimum absolute atomic E-state index is 0.0964. The fraction of sp³-hybridized carbons (Fsp3) is 0.800. The molecule has 1 aliphatic heterocycles. The Balaban J connectivity index is 1.90. The molecule has 0 saturated carbocycles. The molecule has 0 spiro atoms. The van der Waals surface area contributed by atoms with Crippen LogP contribution in [0.2, 0.25) is 0 Å². The molecule has 0 aliphatic carbocycles. The van der Waals surface area contributed by atoms with E-state index in [0.717, 1.165) is 44.7 Å². The number of rotatable bonds is 5. The molecule has 1 atom stereocenters. The van der Waals surface area contributed by atoms with Crippen molar-refractivity contribution >= 4 is 5.91 Å². The van der Waals surface area contributed by atoms with Gasteiger partial charge in [-0.15, -0.1) is 10.2 Å². The van der Waals surface area contributed by atoms with Crippen molar-refractivity contribution in [2.45, 2.75) is 58.5 Å². The van der Waals surface area contributed by atoms with Crippen LogP contribution in [0.15, 0.2) is 6.33 Å². The molecule has 2 N–H and O–H groups in total. The van der Waals surface area contributed by atoms with E-state index in [1.807, 2.05) is 4.90 Å². The fourth-order valence-electron chi connectivity index (χ4n) is 3.02. The summed E-state index contributed by atoms with van der Waals surface area (Å²) in [6.07, 6.45) is 4.42. The van der Waals surface area contributed by atoms with Crippen LogP contribution in [-0.4, -0.2) is 44.7 Å². The molecule has 6 nitrogen and oxygen atoms in total. The molecule has 1 aromatic rings. The zero-order valence-corrected chi connectivity index (χ0v) is 13.3. The van der Waals surface area contributed by atoms with E-state index in [1.54, 1.807) is 6.33 Å². The molecule has 1 saturated heterocycles. The second kappa shape index (κ2) is 7.02. The van der Waals surface area contributed by atoms with Gasteiger partial charge in [0.1, 0.15) is 12.2 Å². The number of nitrogens with two attached hydrogens (primary N) is 1. The predicted octanol–water partition coefficient (Wildman–Crippen LogP) is 1.38. The van der Waals surface area contributed by atoms with E-state index < -0.39 is 0 Å². The van der Waals surface area contributed by atoms with E-state index in [2.05, 4.69) is 35.5 Å². The molecule has 6 heteroatoms. The Morgan fingerprint density at radius 2 is 2.10 bits per heavy atom. The molecular weight excluding hydrogens is 266 g/mol. The Kier molecular flexibility index (Phi) is 5.33. The van der Waals surface area contributed by atoms with E-state index in [9.17, 15) is 4.79 Å². The maximum absolute atomic E-state index is 12.3. The fourth-order valence-corrected chi connectivity index (χ4v) is 3.02. The van der Waals surface area contributed by atoms with Gasteiger partial charge in [0, 0.05) is 25.6 Å². The second-order valence-electron chi connectivity index (χ2n) is 6.31. The number of piperidine rings is 1. The third-order valence-electron chi connectivity index (χ3n) is 4.20. The van der Waals surface area contributed by atoms with Crippen molar-refractivity contribution in [1.82, 2.24) is 19.7 Å². The first-order chi connectivity index (χ1) is 10.0. The number of amides is 1. The SMILES string of the molecule is CCn1cnnc1C1CCN(C(=O)[C@@H](N)CC(C)C)CC1. The van der Waals surface area contributed by atoms with Gasteiger partial charge in [0.05, 0.1) is 6.04 Å². The number of likely N-dealkylation sites (tertiary alicyclic amines) is 1. The number of hydrogen-bond acceptors (Lipinski definition) is 4. The summed E-state index contributed by atoms with van der Waals surface area (Å²) in [6.45, 7) is 8.71. The largest absolute Gasteiger partial charge is 0.341 e. The number of carbonyl (C=O) groups excluding carboxylic acids is 1. The topological polar surface area (TPSA) is 77.0 Å². The zero-order valence-electron chi connectivity index (χ0n) is 13.3. The third-order valence-corrected chi connectivity index (χ3v) is 4.20. The van der Waals surface area contributed by atoms with Crippen LogP contribution >= 0.6 is 0 Å². The summed E-state index contributed by atoms with van der Waals surface area (Å²) >= 11 is 0. The summed E-state index contributed by atoms with van der Waals surface area (Å²) in [5, 5.41) is 8.24. The number of aromatic nitrogens is 3. The summed E-state index contributed by atoms with van der Waals surface area (Å²) in [6, 6.07) is -0.360. The molecule has 0 aromatic carbocycles. The molecular formula is C15H27N5O. The highest BCUT2D eigenvalue weighted by molar-refractivity contribution is 5.81. The van der Waals surface area contributed by atoms with Crippen LogP contribution in [0.3, 0.4) is 0 Å². The van der Waals surface area contributed by atoms with Crippen LogP contribution in [0.25, 0.3) is 0 Å². The smallest absolute Gasteiger partial charge is 0.239 e. The molecule has 0 radical (unpaired) electrons. The third kappa shape index (κ3) is 3.81. The van der Waals surface area contributed by atoms with Crippen molar-refractivity contribution in [3.05, 3.63) is 12.2 Å². The van der Waals surface area contributed by atoms with Crippen LogP contribution < -0.4 is 5.73 Å². The van der Waals surface area contributed by atoms with Crippen LogP contribution in [-0.2, 0) is 11.3 Å². The van der Waals surface area contributed by atoms with Crippen molar-refractivity contribution in [2.24, 2.45) is 11.7 Å². The lowest BCUT2D eigenvalue weighted by Gasteiger charge is -2.33. The van der Waals surface area contributed by atoms with E-state index in [4.69, 9.17) is 5.73 Å². The monoisotopic (exact) mass is 293 g/mol. The minimum atomic E-state index is -0.360. The van der Waals surface area contributed by atoms with E-state index in [-0.39, 0.29) is 11.9 Å². The van der Waals surface area contributed by atoms with Gasteiger partial charge in [0.25, 0.3) is 0 Å². The van der Waals surface area contributed by atoms with Crippen molar-refractivity contribution < 1.29 is 4.79 Å². The van der Waals surface area contributed by atoms with Gasteiger partial charge in [-0.3, -0.25) is 4.79 Å². The van der Waals surface area contributed by atoms with Crippen molar-refractivity contribution in [3.63, 3.8) is 0 Å². The maximum atomic E-state index is 12.3. The minimum Gasteiger partial charge on any atom is -0.341 e. The quantitative estimate of drug-likeness (QED) is 0.889. The maximum Gasteiger partial charge on any atom is 0.239 e. The highest BCUT2D eigenvalue weighted by atomic mass is 16.2. The van der Waals surface area contributed by atoms with Crippen molar-refractivity contribution in [1.29, 1.82) is 0 Å². The number of carbonyl (C=O) groups is 1. The molecule has 1 amide bonds. The van der Waals surface area contributed by atoms with E-state index in [0.29, 0.717) is 11.8 Å². The standard InChI is InChI=1S/C15H27N5O/c1-4-19-10-17-18-14(19)12-5-7-20(8-6-12)15(21)13(16)9-11(2)3/h10-13H,4-9,16H2,1-3H3/t13-/m0/s1.